The van der Waals surface area contributed by atoms with Crippen molar-refractivity contribution in [2.45, 2.75) is 37.4 Å². The zero-order valence-electron chi connectivity index (χ0n) is 16.0. The topological polar surface area (TPSA) is 45.7 Å². The third-order valence-electron chi connectivity index (χ3n) is 4.59. The molecular formula is C19H30BrFIN3OS. The molecule has 0 aromatic heterocycles. The SMILES string of the molecule is CCSC1(CNC(=NC)NCCCc2ccc(Br)cc2F)CCOCC1.I. The molecule has 1 fully saturated rings. The van der Waals surface area contributed by atoms with Crippen molar-refractivity contribution in [3.63, 3.8) is 0 Å². The van der Waals surface area contributed by atoms with Crippen LogP contribution in [0, 0.1) is 5.82 Å². The molecule has 1 aromatic carbocycles. The van der Waals surface area contributed by atoms with E-state index in [1.54, 1.807) is 7.05 Å². The van der Waals surface area contributed by atoms with Crippen molar-refractivity contribution in [2.24, 2.45) is 4.99 Å². The summed E-state index contributed by atoms with van der Waals surface area (Å²) in [6, 6.07) is 5.23. The molecule has 0 aliphatic carbocycles. The summed E-state index contributed by atoms with van der Waals surface area (Å²) >= 11 is 5.30. The second kappa shape index (κ2) is 13.2. The Balaban J connectivity index is 0.00000364. The minimum atomic E-state index is -0.153. The first-order valence-corrected chi connectivity index (χ1v) is 11.0. The number of aliphatic imine (C=N–C) groups is 1. The summed E-state index contributed by atoms with van der Waals surface area (Å²) in [5, 5.41) is 6.80. The molecule has 0 radical (unpaired) electrons. The molecule has 2 N–H and O–H groups in total. The van der Waals surface area contributed by atoms with Gasteiger partial charge in [-0.3, -0.25) is 4.99 Å². The smallest absolute Gasteiger partial charge is 0.191 e. The van der Waals surface area contributed by atoms with Crippen LogP contribution in [-0.4, -0.2) is 49.8 Å². The van der Waals surface area contributed by atoms with Crippen LogP contribution in [0.5, 0.6) is 0 Å². The highest BCUT2D eigenvalue weighted by atomic mass is 127. The molecule has 0 saturated carbocycles. The number of rotatable bonds is 8. The number of guanidine groups is 1. The second-order valence-electron chi connectivity index (χ2n) is 6.42. The first kappa shape index (κ1) is 25.0. The van der Waals surface area contributed by atoms with E-state index in [-0.39, 0.29) is 34.5 Å². The number of nitrogens with one attached hydrogen (secondary N) is 2. The van der Waals surface area contributed by atoms with Gasteiger partial charge in [0.1, 0.15) is 5.82 Å². The fourth-order valence-corrected chi connectivity index (χ4v) is 4.67. The van der Waals surface area contributed by atoms with Gasteiger partial charge < -0.3 is 15.4 Å². The molecule has 154 valence electrons. The minimum absolute atomic E-state index is 0. The van der Waals surface area contributed by atoms with E-state index in [0.29, 0.717) is 6.42 Å². The van der Waals surface area contributed by atoms with E-state index in [1.807, 2.05) is 23.9 Å². The largest absolute Gasteiger partial charge is 0.381 e. The van der Waals surface area contributed by atoms with Crippen molar-refractivity contribution in [2.75, 3.05) is 39.1 Å². The maximum atomic E-state index is 13.8. The summed E-state index contributed by atoms with van der Waals surface area (Å²) < 4.78 is 20.4. The normalized spacial score (nSPS) is 16.5. The van der Waals surface area contributed by atoms with Gasteiger partial charge in [0.25, 0.3) is 0 Å². The number of aryl methyl sites for hydroxylation is 1. The van der Waals surface area contributed by atoms with Crippen LogP contribution in [-0.2, 0) is 11.2 Å². The van der Waals surface area contributed by atoms with Crippen molar-refractivity contribution < 1.29 is 9.13 Å². The minimum Gasteiger partial charge on any atom is -0.381 e. The van der Waals surface area contributed by atoms with Gasteiger partial charge in [-0.25, -0.2) is 4.39 Å². The van der Waals surface area contributed by atoms with Crippen LogP contribution in [0.1, 0.15) is 31.7 Å². The Bertz CT molecular complexity index is 595. The van der Waals surface area contributed by atoms with Crippen LogP contribution in [0.3, 0.4) is 0 Å². The highest BCUT2D eigenvalue weighted by molar-refractivity contribution is 14.0. The van der Waals surface area contributed by atoms with E-state index < -0.39 is 0 Å². The second-order valence-corrected chi connectivity index (χ2v) is 9.07. The van der Waals surface area contributed by atoms with E-state index in [1.165, 1.54) is 6.07 Å². The maximum absolute atomic E-state index is 13.8. The zero-order chi connectivity index (χ0) is 18.8. The van der Waals surface area contributed by atoms with Gasteiger partial charge >= 0.3 is 0 Å². The Kier molecular flexibility index (Phi) is 12.2. The molecule has 27 heavy (non-hydrogen) atoms. The van der Waals surface area contributed by atoms with Gasteiger partial charge in [0.05, 0.1) is 0 Å². The Morgan fingerprint density at radius 3 is 2.70 bits per heavy atom. The molecule has 0 atom stereocenters. The summed E-state index contributed by atoms with van der Waals surface area (Å²) in [5.41, 5.74) is 0.749. The number of nitrogens with zero attached hydrogens (tertiary/aromatic N) is 1. The van der Waals surface area contributed by atoms with Crippen LogP contribution >= 0.6 is 51.7 Å². The van der Waals surface area contributed by atoms with E-state index >= 15 is 0 Å². The fraction of sp³-hybridized carbons (Fsp3) is 0.632. The molecule has 1 aromatic rings. The molecule has 0 spiro atoms. The van der Waals surface area contributed by atoms with Gasteiger partial charge in [0, 0.05) is 42.6 Å². The van der Waals surface area contributed by atoms with Crippen molar-refractivity contribution >= 4 is 57.6 Å². The quantitative estimate of drug-likeness (QED) is 0.206. The van der Waals surface area contributed by atoms with Gasteiger partial charge in [-0.15, -0.1) is 24.0 Å². The van der Waals surface area contributed by atoms with Crippen molar-refractivity contribution in [1.29, 1.82) is 0 Å². The zero-order valence-corrected chi connectivity index (χ0v) is 20.8. The predicted octanol–water partition coefficient (Wildman–Crippen LogP) is 4.61. The van der Waals surface area contributed by atoms with Crippen LogP contribution in [0.25, 0.3) is 0 Å². The van der Waals surface area contributed by atoms with Crippen molar-refractivity contribution in [1.82, 2.24) is 10.6 Å². The van der Waals surface area contributed by atoms with Gasteiger partial charge in [-0.1, -0.05) is 28.9 Å². The number of ether oxygens (including phenoxy) is 1. The van der Waals surface area contributed by atoms with Gasteiger partial charge in [0.2, 0.25) is 0 Å². The summed E-state index contributed by atoms with van der Waals surface area (Å²) in [6.07, 6.45) is 3.69. The van der Waals surface area contributed by atoms with Gasteiger partial charge in [-0.05, 0) is 49.1 Å². The van der Waals surface area contributed by atoms with E-state index in [9.17, 15) is 4.39 Å². The lowest BCUT2D eigenvalue weighted by molar-refractivity contribution is 0.0782. The van der Waals surface area contributed by atoms with E-state index in [4.69, 9.17) is 4.74 Å². The first-order chi connectivity index (χ1) is 12.6. The highest BCUT2D eigenvalue weighted by Crippen LogP contribution is 2.34. The average Bonchev–Trinajstić information content (AvgIpc) is 2.63. The van der Waals surface area contributed by atoms with Crippen LogP contribution in [0.2, 0.25) is 0 Å². The standard InChI is InChI=1S/C19H29BrFN3OS.HI/c1-3-26-19(8-11-25-12-9-19)14-24-18(22-2)23-10-4-5-15-6-7-16(20)13-17(15)21;/h6-7,13H,3-5,8-12,14H2,1-2H3,(H2,22,23,24);1H. The summed E-state index contributed by atoms with van der Waals surface area (Å²) in [6.45, 7) is 5.51. The Hall–Kier alpha value is -0.0600. The Morgan fingerprint density at radius 1 is 1.33 bits per heavy atom. The lowest BCUT2D eigenvalue weighted by Crippen LogP contribution is -2.48. The monoisotopic (exact) mass is 573 g/mol. The molecule has 0 bridgehead atoms. The van der Waals surface area contributed by atoms with Crippen molar-refractivity contribution in [3.05, 3.63) is 34.1 Å². The molecule has 0 amide bonds. The third kappa shape index (κ3) is 8.45. The molecule has 4 nitrogen and oxygen atoms in total. The number of hydrogen-bond donors (Lipinski definition) is 2. The number of benzene rings is 1. The molecule has 0 unspecified atom stereocenters. The summed E-state index contributed by atoms with van der Waals surface area (Å²) in [4.78, 5) is 4.31. The predicted molar refractivity (Wildman–Crippen MR) is 128 cm³/mol. The number of thioether (sulfide) groups is 1. The number of hydrogen-bond acceptors (Lipinski definition) is 3. The average molecular weight is 574 g/mol. The van der Waals surface area contributed by atoms with Crippen LogP contribution < -0.4 is 10.6 Å². The third-order valence-corrected chi connectivity index (χ3v) is 6.53. The lowest BCUT2D eigenvalue weighted by atomic mass is 9.99. The van der Waals surface area contributed by atoms with Gasteiger partial charge in [0.15, 0.2) is 5.96 Å². The number of halogens is 3. The summed E-state index contributed by atoms with van der Waals surface area (Å²) in [5.74, 6) is 1.76. The molecule has 1 heterocycles. The molecular weight excluding hydrogens is 544 g/mol. The Labute approximate surface area is 192 Å². The molecule has 1 saturated heterocycles. The van der Waals surface area contributed by atoms with E-state index in [2.05, 4.69) is 38.5 Å². The molecule has 8 heteroatoms. The van der Waals surface area contributed by atoms with E-state index in [0.717, 1.165) is 67.3 Å². The van der Waals surface area contributed by atoms with Gasteiger partial charge in [-0.2, -0.15) is 11.8 Å². The molecule has 1 aliphatic rings. The molecule has 2 rings (SSSR count). The fourth-order valence-electron chi connectivity index (χ4n) is 3.10. The van der Waals surface area contributed by atoms with Crippen molar-refractivity contribution in [3.8, 4) is 0 Å². The summed E-state index contributed by atoms with van der Waals surface area (Å²) in [7, 11) is 1.79. The van der Waals surface area contributed by atoms with Crippen LogP contribution in [0.4, 0.5) is 4.39 Å². The lowest BCUT2D eigenvalue weighted by Gasteiger charge is -2.37. The Morgan fingerprint density at radius 2 is 2.07 bits per heavy atom. The van der Waals surface area contributed by atoms with Crippen LogP contribution in [0.15, 0.2) is 27.7 Å². The first-order valence-electron chi connectivity index (χ1n) is 9.19. The highest BCUT2D eigenvalue weighted by Gasteiger charge is 2.32. The maximum Gasteiger partial charge on any atom is 0.191 e. The molecule has 1 aliphatic heterocycles.